The number of nitrogens with zero attached hydrogens (tertiary/aromatic N) is 2. The molecule has 0 radical (unpaired) electrons. The van der Waals surface area contributed by atoms with Crippen molar-refractivity contribution in [3.05, 3.63) is 39.9 Å². The van der Waals surface area contributed by atoms with Gasteiger partial charge in [0, 0.05) is 31.0 Å². The zero-order chi connectivity index (χ0) is 16.1. The highest BCUT2D eigenvalue weighted by molar-refractivity contribution is 8.00. The molecule has 1 aromatic carbocycles. The first kappa shape index (κ1) is 16.3. The van der Waals surface area contributed by atoms with Gasteiger partial charge >= 0.3 is 5.97 Å². The number of hydrogen-bond acceptors (Lipinski definition) is 6. The Bertz CT molecular complexity index is 575. The van der Waals surface area contributed by atoms with E-state index >= 15 is 0 Å². The number of benzene rings is 1. The smallest absolute Gasteiger partial charge is 0.320 e. The van der Waals surface area contributed by atoms with Crippen molar-refractivity contribution in [2.24, 2.45) is 0 Å². The SMILES string of the molecule is COC(=O)[C@@H]1CN(C(=O)Cc2ccc([N+](=O)[O-])cc2)CCS1. The van der Waals surface area contributed by atoms with E-state index in [1.807, 2.05) is 0 Å². The van der Waals surface area contributed by atoms with Gasteiger partial charge in [-0.15, -0.1) is 11.8 Å². The number of rotatable bonds is 4. The van der Waals surface area contributed by atoms with Crippen molar-refractivity contribution in [3.63, 3.8) is 0 Å². The van der Waals surface area contributed by atoms with Crippen LogP contribution in [-0.2, 0) is 20.7 Å². The fourth-order valence-corrected chi connectivity index (χ4v) is 3.30. The minimum absolute atomic E-state index is 0.00340. The first-order valence-electron chi connectivity index (χ1n) is 6.72. The van der Waals surface area contributed by atoms with Crippen molar-refractivity contribution in [2.45, 2.75) is 11.7 Å². The van der Waals surface area contributed by atoms with E-state index in [-0.39, 0.29) is 29.2 Å². The summed E-state index contributed by atoms with van der Waals surface area (Å²) >= 11 is 1.49. The Hall–Kier alpha value is -2.09. The van der Waals surface area contributed by atoms with Gasteiger partial charge in [0.05, 0.1) is 18.5 Å². The summed E-state index contributed by atoms with van der Waals surface area (Å²) in [5.41, 5.74) is 0.708. The summed E-state index contributed by atoms with van der Waals surface area (Å²) in [6.45, 7) is 0.924. The van der Waals surface area contributed by atoms with E-state index < -0.39 is 4.92 Å². The summed E-state index contributed by atoms with van der Waals surface area (Å²) in [4.78, 5) is 35.6. The van der Waals surface area contributed by atoms with E-state index in [1.54, 1.807) is 17.0 Å². The molecule has 2 rings (SSSR count). The second kappa shape index (κ2) is 7.26. The average Bonchev–Trinajstić information content (AvgIpc) is 2.54. The molecule has 8 heteroatoms. The van der Waals surface area contributed by atoms with E-state index in [0.717, 1.165) is 0 Å². The highest BCUT2D eigenvalue weighted by atomic mass is 32.2. The number of methoxy groups -OCH3 is 1. The molecule has 1 aliphatic heterocycles. The maximum absolute atomic E-state index is 12.3. The number of nitro groups is 1. The molecule has 1 aliphatic rings. The van der Waals surface area contributed by atoms with Gasteiger partial charge < -0.3 is 9.64 Å². The fourth-order valence-electron chi connectivity index (χ4n) is 2.17. The van der Waals surface area contributed by atoms with Gasteiger partial charge in [0.15, 0.2) is 0 Å². The molecule has 0 aliphatic carbocycles. The normalized spacial score (nSPS) is 17.9. The number of amides is 1. The molecule has 0 N–H and O–H groups in total. The minimum Gasteiger partial charge on any atom is -0.468 e. The minimum atomic E-state index is -0.478. The van der Waals surface area contributed by atoms with Crippen LogP contribution in [0, 0.1) is 10.1 Å². The quantitative estimate of drug-likeness (QED) is 0.470. The van der Waals surface area contributed by atoms with Gasteiger partial charge in [-0.05, 0) is 5.56 Å². The van der Waals surface area contributed by atoms with Crippen LogP contribution in [0.2, 0.25) is 0 Å². The Kier molecular flexibility index (Phi) is 5.37. The molecule has 22 heavy (non-hydrogen) atoms. The van der Waals surface area contributed by atoms with Crippen LogP contribution in [0.5, 0.6) is 0 Å². The number of carbonyl (C=O) groups is 2. The maximum Gasteiger partial charge on any atom is 0.320 e. The summed E-state index contributed by atoms with van der Waals surface area (Å²) in [7, 11) is 1.33. The molecule has 0 saturated carbocycles. The number of ether oxygens (including phenoxy) is 1. The van der Waals surface area contributed by atoms with Crippen LogP contribution in [0.25, 0.3) is 0 Å². The largest absolute Gasteiger partial charge is 0.468 e. The number of non-ortho nitro benzene ring substituents is 1. The third kappa shape index (κ3) is 3.97. The van der Waals surface area contributed by atoms with Crippen molar-refractivity contribution >= 4 is 29.3 Å². The second-order valence-electron chi connectivity index (χ2n) is 4.82. The van der Waals surface area contributed by atoms with Gasteiger partial charge in [-0.1, -0.05) is 12.1 Å². The Morgan fingerprint density at radius 3 is 2.68 bits per heavy atom. The van der Waals surface area contributed by atoms with Crippen LogP contribution in [0.3, 0.4) is 0 Å². The van der Waals surface area contributed by atoms with Crippen molar-refractivity contribution in [1.82, 2.24) is 4.90 Å². The molecular formula is C14H16N2O5S. The summed E-state index contributed by atoms with van der Waals surface area (Å²) in [5.74, 6) is 0.270. The van der Waals surface area contributed by atoms with Crippen LogP contribution in [0.4, 0.5) is 5.69 Å². The van der Waals surface area contributed by atoms with Crippen molar-refractivity contribution in [3.8, 4) is 0 Å². The molecule has 0 aromatic heterocycles. The molecule has 118 valence electrons. The molecule has 1 saturated heterocycles. The Balaban J connectivity index is 1.96. The Morgan fingerprint density at radius 1 is 1.41 bits per heavy atom. The van der Waals surface area contributed by atoms with Crippen LogP contribution < -0.4 is 0 Å². The van der Waals surface area contributed by atoms with E-state index in [1.165, 1.54) is 31.0 Å². The highest BCUT2D eigenvalue weighted by Gasteiger charge is 2.29. The van der Waals surface area contributed by atoms with Crippen LogP contribution in [0.1, 0.15) is 5.56 Å². The topological polar surface area (TPSA) is 89.8 Å². The highest BCUT2D eigenvalue weighted by Crippen LogP contribution is 2.21. The fraction of sp³-hybridized carbons (Fsp3) is 0.429. The van der Waals surface area contributed by atoms with Crippen molar-refractivity contribution < 1.29 is 19.2 Å². The maximum atomic E-state index is 12.3. The lowest BCUT2D eigenvalue weighted by molar-refractivity contribution is -0.384. The van der Waals surface area contributed by atoms with E-state index in [9.17, 15) is 19.7 Å². The van der Waals surface area contributed by atoms with Gasteiger partial charge in [0.25, 0.3) is 5.69 Å². The summed E-state index contributed by atoms with van der Waals surface area (Å²) in [5, 5.41) is 10.2. The monoisotopic (exact) mass is 324 g/mol. The van der Waals surface area contributed by atoms with Gasteiger partial charge in [-0.2, -0.15) is 0 Å². The van der Waals surface area contributed by atoms with Gasteiger partial charge in [0.1, 0.15) is 5.25 Å². The number of hydrogen-bond donors (Lipinski definition) is 0. The third-order valence-electron chi connectivity index (χ3n) is 3.39. The van der Waals surface area contributed by atoms with E-state index in [4.69, 9.17) is 4.74 Å². The first-order chi connectivity index (χ1) is 10.5. The van der Waals surface area contributed by atoms with Gasteiger partial charge in [0.2, 0.25) is 5.91 Å². The zero-order valence-electron chi connectivity index (χ0n) is 12.1. The molecule has 0 bridgehead atoms. The molecule has 1 atom stereocenters. The van der Waals surface area contributed by atoms with Gasteiger partial charge in [-0.25, -0.2) is 0 Å². The Morgan fingerprint density at radius 2 is 2.09 bits per heavy atom. The molecule has 0 unspecified atom stereocenters. The first-order valence-corrected chi connectivity index (χ1v) is 7.76. The molecule has 1 aromatic rings. The summed E-state index contributed by atoms with van der Waals surface area (Å²) in [6, 6.07) is 5.91. The third-order valence-corrected chi connectivity index (χ3v) is 4.55. The standard InChI is InChI=1S/C14H16N2O5S/c1-21-14(18)12-9-15(6-7-22-12)13(17)8-10-2-4-11(5-3-10)16(19)20/h2-5,12H,6-9H2,1H3/t12-/m0/s1. The van der Waals surface area contributed by atoms with E-state index in [2.05, 4.69) is 0 Å². The number of esters is 1. The predicted octanol–water partition coefficient (Wildman–Crippen LogP) is 1.25. The lowest BCUT2D eigenvalue weighted by atomic mass is 10.1. The number of nitro benzene ring substituents is 1. The van der Waals surface area contributed by atoms with Crippen LogP contribution in [0.15, 0.2) is 24.3 Å². The lowest BCUT2D eigenvalue weighted by Gasteiger charge is -2.31. The number of thioether (sulfide) groups is 1. The lowest BCUT2D eigenvalue weighted by Crippen LogP contribution is -2.45. The van der Waals surface area contributed by atoms with Gasteiger partial charge in [-0.3, -0.25) is 19.7 Å². The van der Waals surface area contributed by atoms with Crippen molar-refractivity contribution in [2.75, 3.05) is 26.0 Å². The molecule has 0 spiro atoms. The summed E-state index contributed by atoms with van der Waals surface area (Å²) < 4.78 is 4.71. The van der Waals surface area contributed by atoms with E-state index in [0.29, 0.717) is 24.4 Å². The molecule has 1 amide bonds. The molecular weight excluding hydrogens is 308 g/mol. The van der Waals surface area contributed by atoms with Crippen molar-refractivity contribution in [1.29, 1.82) is 0 Å². The summed E-state index contributed by atoms with van der Waals surface area (Å²) in [6.07, 6.45) is 0.163. The average molecular weight is 324 g/mol. The number of carbonyl (C=O) groups excluding carboxylic acids is 2. The molecule has 7 nitrogen and oxygen atoms in total. The molecule has 1 heterocycles. The predicted molar refractivity (Wildman–Crippen MR) is 81.6 cm³/mol. The van der Waals surface area contributed by atoms with Crippen LogP contribution >= 0.6 is 11.8 Å². The molecule has 1 fully saturated rings. The second-order valence-corrected chi connectivity index (χ2v) is 6.13. The van der Waals surface area contributed by atoms with Crippen LogP contribution in [-0.4, -0.2) is 52.9 Å². The Labute approximate surface area is 131 Å². The zero-order valence-corrected chi connectivity index (χ0v) is 12.9.